The van der Waals surface area contributed by atoms with Crippen LogP contribution in [0.15, 0.2) is 0 Å². The minimum atomic E-state index is -0.195. The summed E-state index contributed by atoms with van der Waals surface area (Å²) >= 11 is 0. The van der Waals surface area contributed by atoms with Gasteiger partial charge >= 0.3 is 0 Å². The maximum absolute atomic E-state index is 11.5. The molecule has 0 radical (unpaired) electrons. The molecule has 5 unspecified atom stereocenters. The number of aliphatic hydroxyl groups is 2. The minimum Gasteiger partial charge on any atom is -0.393 e. The Morgan fingerprint density at radius 2 is 1.65 bits per heavy atom. The quantitative estimate of drug-likeness (QED) is 0.785. The van der Waals surface area contributed by atoms with Gasteiger partial charge in [-0.25, -0.2) is 0 Å². The summed E-state index contributed by atoms with van der Waals surface area (Å²) in [6, 6.07) is 0. The Kier molecular flexibility index (Phi) is 4.79. The molecule has 2 N–H and O–H groups in total. The van der Waals surface area contributed by atoms with Crippen molar-refractivity contribution in [2.24, 2.45) is 40.4 Å². The van der Waals surface area contributed by atoms with Gasteiger partial charge in [0.15, 0.2) is 0 Å². The number of ketones is 1. The minimum absolute atomic E-state index is 0.159. The standard InChI is InChI=1S/C23H38O3/c1-14(24)4-5-15-6-7-18-21-19(9-11-22(15,18)2)23(3)10-8-17(25)12-16(23)13-20(21)26/h15-21,25-26H,4-13H2,1-3H3/t15?,16?,17-,18?,19?,20-,21?,22-,23+/m1/s1. The third kappa shape index (κ3) is 2.80. The molecule has 0 spiro atoms. The lowest BCUT2D eigenvalue weighted by molar-refractivity contribution is -0.172. The SMILES string of the molecule is CC(=O)CCC1CCC2C3C(CC[C@]12C)[C@@]1(C)CC[C@@H](O)CC1C[C@H]3O. The van der Waals surface area contributed by atoms with Gasteiger partial charge in [0, 0.05) is 6.42 Å². The summed E-state index contributed by atoms with van der Waals surface area (Å²) in [5.74, 6) is 3.14. The van der Waals surface area contributed by atoms with E-state index in [2.05, 4.69) is 13.8 Å². The molecule has 4 aliphatic carbocycles. The average Bonchev–Trinajstić information content (AvgIpc) is 2.91. The van der Waals surface area contributed by atoms with E-state index in [0.29, 0.717) is 46.2 Å². The second-order valence-electron chi connectivity index (χ2n) is 10.8. The molecule has 148 valence electrons. The van der Waals surface area contributed by atoms with Gasteiger partial charge in [0.1, 0.15) is 5.78 Å². The maximum atomic E-state index is 11.5. The van der Waals surface area contributed by atoms with Gasteiger partial charge in [-0.3, -0.25) is 0 Å². The van der Waals surface area contributed by atoms with Crippen LogP contribution in [0.25, 0.3) is 0 Å². The number of Topliss-reactive ketones (excluding diaryl/α,β-unsaturated/α-hetero) is 1. The van der Waals surface area contributed by atoms with Gasteiger partial charge < -0.3 is 15.0 Å². The summed E-state index contributed by atoms with van der Waals surface area (Å²) in [5.41, 5.74) is 0.622. The maximum Gasteiger partial charge on any atom is 0.129 e. The van der Waals surface area contributed by atoms with Gasteiger partial charge in [-0.1, -0.05) is 13.8 Å². The van der Waals surface area contributed by atoms with Crippen molar-refractivity contribution < 1.29 is 15.0 Å². The largest absolute Gasteiger partial charge is 0.393 e. The Bertz CT molecular complexity index is 560. The van der Waals surface area contributed by atoms with Crippen molar-refractivity contribution in [1.82, 2.24) is 0 Å². The van der Waals surface area contributed by atoms with Crippen molar-refractivity contribution in [1.29, 1.82) is 0 Å². The zero-order chi connectivity index (χ0) is 18.7. The molecule has 0 aromatic rings. The van der Waals surface area contributed by atoms with Crippen molar-refractivity contribution in [2.45, 2.75) is 97.2 Å². The van der Waals surface area contributed by atoms with Crippen LogP contribution in [0.3, 0.4) is 0 Å². The summed E-state index contributed by atoms with van der Waals surface area (Å²) < 4.78 is 0. The van der Waals surface area contributed by atoms with Crippen molar-refractivity contribution in [3.63, 3.8) is 0 Å². The van der Waals surface area contributed by atoms with Gasteiger partial charge in [0.05, 0.1) is 12.2 Å². The predicted molar refractivity (Wildman–Crippen MR) is 103 cm³/mol. The van der Waals surface area contributed by atoms with Crippen LogP contribution in [0.4, 0.5) is 0 Å². The Hall–Kier alpha value is -0.410. The molecule has 9 atom stereocenters. The number of rotatable bonds is 3. The average molecular weight is 363 g/mol. The van der Waals surface area contributed by atoms with Crippen LogP contribution < -0.4 is 0 Å². The third-order valence-electron chi connectivity index (χ3n) is 9.70. The summed E-state index contributed by atoms with van der Waals surface area (Å²) in [7, 11) is 0. The number of carbonyl (C=O) groups excluding carboxylic acids is 1. The highest BCUT2D eigenvalue weighted by molar-refractivity contribution is 5.75. The van der Waals surface area contributed by atoms with Crippen LogP contribution in [0, 0.1) is 40.4 Å². The fraction of sp³-hybridized carbons (Fsp3) is 0.957. The van der Waals surface area contributed by atoms with Gasteiger partial charge in [-0.2, -0.15) is 0 Å². The van der Waals surface area contributed by atoms with Crippen molar-refractivity contribution in [3.8, 4) is 0 Å². The lowest BCUT2D eigenvalue weighted by atomic mass is 9.44. The first-order valence-corrected chi connectivity index (χ1v) is 11.1. The van der Waals surface area contributed by atoms with Crippen molar-refractivity contribution in [3.05, 3.63) is 0 Å². The molecule has 26 heavy (non-hydrogen) atoms. The Morgan fingerprint density at radius 1 is 0.962 bits per heavy atom. The van der Waals surface area contributed by atoms with E-state index in [1.807, 2.05) is 0 Å². The molecule has 0 aromatic heterocycles. The summed E-state index contributed by atoms with van der Waals surface area (Å²) in [6.07, 6.45) is 10.2. The topological polar surface area (TPSA) is 57.5 Å². The summed E-state index contributed by atoms with van der Waals surface area (Å²) in [6.45, 7) is 6.66. The highest BCUT2D eigenvalue weighted by Crippen LogP contribution is 2.67. The molecule has 0 saturated heterocycles. The molecule has 4 fully saturated rings. The number of carbonyl (C=O) groups is 1. The molecular weight excluding hydrogens is 324 g/mol. The summed E-state index contributed by atoms with van der Waals surface area (Å²) in [5, 5.41) is 21.3. The van der Waals surface area contributed by atoms with E-state index in [-0.39, 0.29) is 12.2 Å². The number of fused-ring (bicyclic) bond motifs is 5. The molecule has 3 nitrogen and oxygen atoms in total. The number of hydrogen-bond acceptors (Lipinski definition) is 3. The molecule has 4 aliphatic rings. The normalized spacial score (nSPS) is 53.5. The highest BCUT2D eigenvalue weighted by Gasteiger charge is 2.62. The van der Waals surface area contributed by atoms with Crippen LogP contribution in [0.2, 0.25) is 0 Å². The first-order chi connectivity index (χ1) is 12.3. The van der Waals surface area contributed by atoms with E-state index in [1.54, 1.807) is 6.92 Å². The molecule has 0 aliphatic heterocycles. The summed E-state index contributed by atoms with van der Waals surface area (Å²) in [4.78, 5) is 11.5. The van der Waals surface area contributed by atoms with Gasteiger partial charge in [0.25, 0.3) is 0 Å². The monoisotopic (exact) mass is 362 g/mol. The van der Waals surface area contributed by atoms with Gasteiger partial charge in [-0.15, -0.1) is 0 Å². The smallest absolute Gasteiger partial charge is 0.129 e. The number of aliphatic hydroxyl groups excluding tert-OH is 2. The van der Waals surface area contributed by atoms with E-state index >= 15 is 0 Å². The van der Waals surface area contributed by atoms with E-state index in [0.717, 1.165) is 38.5 Å². The van der Waals surface area contributed by atoms with Gasteiger partial charge in [0.2, 0.25) is 0 Å². The fourth-order valence-electron chi connectivity index (χ4n) is 8.16. The van der Waals surface area contributed by atoms with Gasteiger partial charge in [-0.05, 0) is 105 Å². The highest BCUT2D eigenvalue weighted by atomic mass is 16.3. The van der Waals surface area contributed by atoms with Crippen LogP contribution >= 0.6 is 0 Å². The second kappa shape index (κ2) is 6.58. The van der Waals surface area contributed by atoms with Crippen LogP contribution in [0.1, 0.15) is 85.0 Å². The molecule has 0 heterocycles. The first-order valence-electron chi connectivity index (χ1n) is 11.1. The second-order valence-corrected chi connectivity index (χ2v) is 10.8. The lowest BCUT2D eigenvalue weighted by Gasteiger charge is -2.62. The van der Waals surface area contributed by atoms with Crippen molar-refractivity contribution in [2.75, 3.05) is 0 Å². The molecule has 4 rings (SSSR count). The van der Waals surface area contributed by atoms with Crippen LogP contribution in [-0.2, 0) is 4.79 Å². The van der Waals surface area contributed by atoms with E-state index in [9.17, 15) is 15.0 Å². The molecule has 4 saturated carbocycles. The molecule has 0 aromatic carbocycles. The van der Waals surface area contributed by atoms with E-state index < -0.39 is 0 Å². The van der Waals surface area contributed by atoms with E-state index in [4.69, 9.17) is 0 Å². The van der Waals surface area contributed by atoms with Crippen LogP contribution in [0.5, 0.6) is 0 Å². The lowest BCUT2D eigenvalue weighted by Crippen LogP contribution is -2.58. The van der Waals surface area contributed by atoms with E-state index in [1.165, 1.54) is 25.7 Å². The Balaban J connectivity index is 1.57. The predicted octanol–water partition coefficient (Wildman–Crippen LogP) is 4.35. The molecular formula is C23H38O3. The molecule has 0 bridgehead atoms. The van der Waals surface area contributed by atoms with Crippen molar-refractivity contribution >= 4 is 5.78 Å². The zero-order valence-corrected chi connectivity index (χ0v) is 16.9. The number of hydrogen-bond donors (Lipinski definition) is 2. The Labute approximate surface area is 158 Å². The zero-order valence-electron chi connectivity index (χ0n) is 16.9. The van der Waals surface area contributed by atoms with Crippen LogP contribution in [-0.4, -0.2) is 28.2 Å². The molecule has 3 heteroatoms. The molecule has 0 amide bonds. The third-order valence-corrected chi connectivity index (χ3v) is 9.70. The Morgan fingerprint density at radius 3 is 2.38 bits per heavy atom. The first kappa shape index (κ1) is 18.9. The fourth-order valence-corrected chi connectivity index (χ4v) is 8.16.